The molecule has 0 amide bonds. The second-order valence-corrected chi connectivity index (χ2v) is 8.14. The zero-order valence-corrected chi connectivity index (χ0v) is 17.1. The molecule has 0 bridgehead atoms. The highest BCUT2D eigenvalue weighted by Crippen LogP contribution is 2.33. The van der Waals surface area contributed by atoms with Crippen LogP contribution in [-0.2, 0) is 14.8 Å². The van der Waals surface area contributed by atoms with Crippen molar-refractivity contribution < 1.29 is 17.9 Å². The molecule has 3 rings (SSSR count). The summed E-state index contributed by atoms with van der Waals surface area (Å²) in [7, 11) is -3.81. The standard InChI is InChI=1S/C21H22N2O4S/c1-5-27-21(24)17-7-6-8-18(12-17)22-20-15(4)19(28(25,26)23-20)16-10-9-13(2)14(3)11-16/h6-12H,5H2,1-4H3,(H,22,23). The number of esters is 1. The minimum Gasteiger partial charge on any atom is -0.462 e. The molecule has 0 spiro atoms. The number of ether oxygens (including phenoxy) is 1. The van der Waals surface area contributed by atoms with Crippen molar-refractivity contribution in [1.82, 2.24) is 0 Å². The lowest BCUT2D eigenvalue weighted by molar-refractivity contribution is 0.0526. The van der Waals surface area contributed by atoms with E-state index in [1.54, 1.807) is 44.2 Å². The summed E-state index contributed by atoms with van der Waals surface area (Å²) in [6.45, 7) is 7.65. The number of carbonyl (C=O) groups excluding carboxylic acids is 1. The summed E-state index contributed by atoms with van der Waals surface area (Å²) in [5.41, 5.74) is 4.18. The second kappa shape index (κ2) is 7.59. The quantitative estimate of drug-likeness (QED) is 0.785. The smallest absolute Gasteiger partial charge is 0.338 e. The molecule has 2 aromatic carbocycles. The van der Waals surface area contributed by atoms with Gasteiger partial charge >= 0.3 is 5.97 Å². The van der Waals surface area contributed by atoms with Crippen LogP contribution in [0.3, 0.4) is 0 Å². The number of aryl methyl sites for hydroxylation is 2. The third-order valence-electron chi connectivity index (χ3n) is 4.57. The van der Waals surface area contributed by atoms with E-state index in [0.717, 1.165) is 11.1 Å². The van der Waals surface area contributed by atoms with Crippen LogP contribution in [-0.4, -0.2) is 26.8 Å². The van der Waals surface area contributed by atoms with Crippen LogP contribution in [0.4, 0.5) is 5.69 Å². The van der Waals surface area contributed by atoms with Crippen molar-refractivity contribution >= 4 is 32.4 Å². The third-order valence-corrected chi connectivity index (χ3v) is 6.05. The summed E-state index contributed by atoms with van der Waals surface area (Å²) < 4.78 is 34.2. The molecule has 0 unspecified atom stereocenters. The van der Waals surface area contributed by atoms with Gasteiger partial charge in [-0.2, -0.15) is 8.42 Å². The topological polar surface area (TPSA) is 84.8 Å². The lowest BCUT2D eigenvalue weighted by Gasteiger charge is -2.09. The number of amidine groups is 1. The van der Waals surface area contributed by atoms with Crippen LogP contribution in [0.25, 0.3) is 4.91 Å². The zero-order valence-electron chi connectivity index (χ0n) is 16.2. The minimum absolute atomic E-state index is 0.194. The van der Waals surface area contributed by atoms with Gasteiger partial charge in [-0.3, -0.25) is 0 Å². The Morgan fingerprint density at radius 2 is 1.82 bits per heavy atom. The first kappa shape index (κ1) is 19.8. The molecule has 0 radical (unpaired) electrons. The minimum atomic E-state index is -3.81. The molecule has 7 heteroatoms. The van der Waals surface area contributed by atoms with E-state index < -0.39 is 16.0 Å². The lowest BCUT2D eigenvalue weighted by atomic mass is 10.0. The number of rotatable bonds is 4. The fraction of sp³-hybridized carbons (Fsp3) is 0.238. The Balaban J connectivity index is 1.95. The Labute approximate surface area is 165 Å². The average Bonchev–Trinajstić information content (AvgIpc) is 2.86. The van der Waals surface area contributed by atoms with Crippen molar-refractivity contribution in [3.8, 4) is 0 Å². The van der Waals surface area contributed by atoms with Gasteiger partial charge in [0.1, 0.15) is 10.7 Å². The summed E-state index contributed by atoms with van der Waals surface area (Å²) in [5, 5.41) is 3.01. The first-order valence-corrected chi connectivity index (χ1v) is 10.3. The van der Waals surface area contributed by atoms with E-state index in [4.69, 9.17) is 4.74 Å². The van der Waals surface area contributed by atoms with Crippen molar-refractivity contribution in [2.45, 2.75) is 27.7 Å². The maximum Gasteiger partial charge on any atom is 0.338 e. The SMILES string of the molecule is CCOC(=O)c1cccc(NC2=NS(=O)(=O)C(c3ccc(C)c(C)c3)=C2C)c1. The van der Waals surface area contributed by atoms with Crippen LogP contribution in [0.1, 0.15) is 40.9 Å². The van der Waals surface area contributed by atoms with Crippen LogP contribution in [0.2, 0.25) is 0 Å². The summed E-state index contributed by atoms with van der Waals surface area (Å²) in [5.74, 6) is -0.190. The number of sulfonamides is 1. The Morgan fingerprint density at radius 3 is 2.50 bits per heavy atom. The predicted molar refractivity (Wildman–Crippen MR) is 111 cm³/mol. The summed E-state index contributed by atoms with van der Waals surface area (Å²) in [6.07, 6.45) is 0. The first-order valence-electron chi connectivity index (χ1n) is 8.91. The molecule has 146 valence electrons. The van der Waals surface area contributed by atoms with E-state index in [1.165, 1.54) is 0 Å². The highest BCUT2D eigenvalue weighted by Gasteiger charge is 2.31. The fourth-order valence-electron chi connectivity index (χ4n) is 2.98. The predicted octanol–water partition coefficient (Wildman–Crippen LogP) is 4.07. The Bertz CT molecular complexity index is 1110. The molecule has 0 fully saturated rings. The van der Waals surface area contributed by atoms with Gasteiger partial charge in [0.05, 0.1) is 12.2 Å². The maximum absolute atomic E-state index is 12.7. The molecular formula is C21H22N2O4S. The van der Waals surface area contributed by atoms with E-state index in [1.807, 2.05) is 26.0 Å². The molecule has 2 aromatic rings. The van der Waals surface area contributed by atoms with Gasteiger partial charge in [0.15, 0.2) is 0 Å². The van der Waals surface area contributed by atoms with E-state index in [0.29, 0.717) is 22.4 Å². The monoisotopic (exact) mass is 398 g/mol. The molecule has 1 heterocycles. The van der Waals surface area contributed by atoms with Gasteiger partial charge in [-0.05, 0) is 62.6 Å². The maximum atomic E-state index is 12.7. The number of benzene rings is 2. The van der Waals surface area contributed by atoms with Gasteiger partial charge in [-0.1, -0.05) is 24.3 Å². The van der Waals surface area contributed by atoms with Gasteiger partial charge < -0.3 is 10.1 Å². The summed E-state index contributed by atoms with van der Waals surface area (Å²) in [6, 6.07) is 12.2. The van der Waals surface area contributed by atoms with E-state index >= 15 is 0 Å². The van der Waals surface area contributed by atoms with Crippen LogP contribution in [0, 0.1) is 13.8 Å². The number of hydrogen-bond acceptors (Lipinski definition) is 5. The number of anilines is 1. The van der Waals surface area contributed by atoms with Gasteiger partial charge in [0.25, 0.3) is 10.0 Å². The largest absolute Gasteiger partial charge is 0.462 e. The van der Waals surface area contributed by atoms with Crippen LogP contribution >= 0.6 is 0 Å². The Morgan fingerprint density at radius 1 is 1.07 bits per heavy atom. The van der Waals surface area contributed by atoms with Crippen molar-refractivity contribution in [2.24, 2.45) is 4.40 Å². The van der Waals surface area contributed by atoms with Crippen molar-refractivity contribution in [3.63, 3.8) is 0 Å². The number of hydrogen-bond donors (Lipinski definition) is 1. The van der Waals surface area contributed by atoms with Crippen molar-refractivity contribution in [1.29, 1.82) is 0 Å². The van der Waals surface area contributed by atoms with E-state index in [-0.39, 0.29) is 17.3 Å². The highest BCUT2D eigenvalue weighted by atomic mass is 32.2. The molecule has 6 nitrogen and oxygen atoms in total. The van der Waals surface area contributed by atoms with Gasteiger partial charge in [0, 0.05) is 11.3 Å². The van der Waals surface area contributed by atoms with Crippen LogP contribution in [0.5, 0.6) is 0 Å². The van der Waals surface area contributed by atoms with Crippen LogP contribution < -0.4 is 5.32 Å². The molecule has 28 heavy (non-hydrogen) atoms. The molecule has 0 saturated heterocycles. The normalized spacial score (nSPS) is 15.4. The lowest BCUT2D eigenvalue weighted by Crippen LogP contribution is -2.12. The first-order chi connectivity index (χ1) is 13.2. The average molecular weight is 398 g/mol. The fourth-order valence-corrected chi connectivity index (χ4v) is 4.40. The Hall–Kier alpha value is -2.93. The molecule has 0 aromatic heterocycles. The number of nitrogens with zero attached hydrogens (tertiary/aromatic N) is 1. The van der Waals surface area contributed by atoms with Crippen molar-refractivity contribution in [2.75, 3.05) is 11.9 Å². The summed E-state index contributed by atoms with van der Waals surface area (Å²) in [4.78, 5) is 12.1. The number of nitrogens with one attached hydrogen (secondary N) is 1. The van der Waals surface area contributed by atoms with Crippen molar-refractivity contribution in [3.05, 3.63) is 70.3 Å². The van der Waals surface area contributed by atoms with Gasteiger partial charge in [0.2, 0.25) is 0 Å². The molecule has 1 aliphatic heterocycles. The molecule has 0 saturated carbocycles. The molecule has 0 atom stereocenters. The van der Waals surface area contributed by atoms with E-state index in [2.05, 4.69) is 9.71 Å². The number of carbonyl (C=O) groups is 1. The zero-order chi connectivity index (χ0) is 20.5. The highest BCUT2D eigenvalue weighted by molar-refractivity contribution is 8.00. The molecular weight excluding hydrogens is 376 g/mol. The summed E-state index contributed by atoms with van der Waals surface area (Å²) >= 11 is 0. The third kappa shape index (κ3) is 3.84. The molecule has 1 aliphatic rings. The second-order valence-electron chi connectivity index (χ2n) is 6.59. The Kier molecular flexibility index (Phi) is 5.38. The molecule has 1 N–H and O–H groups in total. The van der Waals surface area contributed by atoms with Crippen LogP contribution in [0.15, 0.2) is 52.4 Å². The molecule has 0 aliphatic carbocycles. The van der Waals surface area contributed by atoms with Gasteiger partial charge in [-0.25, -0.2) is 4.79 Å². The van der Waals surface area contributed by atoms with Gasteiger partial charge in [-0.15, -0.1) is 4.40 Å². The van der Waals surface area contributed by atoms with E-state index in [9.17, 15) is 13.2 Å².